The highest BCUT2D eigenvalue weighted by molar-refractivity contribution is 7.14. The molecule has 1 aromatic heterocycles. The van der Waals surface area contributed by atoms with E-state index in [1.165, 1.54) is 21.8 Å². The van der Waals surface area contributed by atoms with Crippen molar-refractivity contribution in [3.05, 3.63) is 39.6 Å². The van der Waals surface area contributed by atoms with Gasteiger partial charge in [0.25, 0.3) is 5.91 Å². The fraction of sp³-hybridized carbons (Fsp3) is 0.400. The van der Waals surface area contributed by atoms with Gasteiger partial charge in [-0.3, -0.25) is 4.79 Å². The number of carbonyl (C=O) groups excluding carboxylic acids is 2. The molecule has 1 atom stereocenters. The summed E-state index contributed by atoms with van der Waals surface area (Å²) >= 11 is 1.48. The fourth-order valence-electron chi connectivity index (χ4n) is 3.33. The maximum Gasteiger partial charge on any atom is 0.348 e. The first-order valence-corrected chi connectivity index (χ1v) is 9.88. The number of esters is 1. The van der Waals surface area contributed by atoms with Gasteiger partial charge in [-0.1, -0.05) is 6.92 Å². The second-order valence-electron chi connectivity index (χ2n) is 6.89. The third-order valence-corrected chi connectivity index (χ3v) is 5.91. The highest BCUT2D eigenvalue weighted by Gasteiger charge is 2.22. The van der Waals surface area contributed by atoms with Crippen LogP contribution < -0.4 is 14.8 Å². The first-order valence-electron chi connectivity index (χ1n) is 9.06. The molecule has 2 aliphatic rings. The van der Waals surface area contributed by atoms with Gasteiger partial charge in [-0.15, -0.1) is 11.3 Å². The van der Waals surface area contributed by atoms with Crippen LogP contribution >= 0.6 is 11.3 Å². The van der Waals surface area contributed by atoms with Crippen LogP contribution in [0.2, 0.25) is 0 Å². The minimum absolute atomic E-state index is 0.327. The summed E-state index contributed by atoms with van der Waals surface area (Å²) in [6.45, 7) is 2.89. The summed E-state index contributed by atoms with van der Waals surface area (Å²) in [5.74, 6) is 1.05. The number of rotatable bonds is 4. The van der Waals surface area contributed by atoms with E-state index in [1.807, 2.05) is 6.07 Å². The van der Waals surface area contributed by atoms with Gasteiger partial charge in [-0.05, 0) is 48.9 Å². The van der Waals surface area contributed by atoms with Gasteiger partial charge < -0.3 is 19.5 Å². The number of hydrogen-bond donors (Lipinski definition) is 1. The smallest absolute Gasteiger partial charge is 0.348 e. The van der Waals surface area contributed by atoms with E-state index in [9.17, 15) is 9.59 Å². The van der Waals surface area contributed by atoms with Crippen LogP contribution in [0.1, 0.15) is 33.5 Å². The predicted molar refractivity (Wildman–Crippen MR) is 102 cm³/mol. The van der Waals surface area contributed by atoms with Gasteiger partial charge in [-0.2, -0.15) is 0 Å². The van der Waals surface area contributed by atoms with E-state index in [0.717, 1.165) is 19.3 Å². The summed E-state index contributed by atoms with van der Waals surface area (Å²) in [4.78, 5) is 26.2. The molecular weight excluding hydrogens is 366 g/mol. The maximum atomic E-state index is 12.3. The third-order valence-electron chi connectivity index (χ3n) is 4.69. The molecule has 2 aromatic rings. The molecule has 1 N–H and O–H groups in total. The van der Waals surface area contributed by atoms with E-state index in [1.54, 1.807) is 18.2 Å². The summed E-state index contributed by atoms with van der Waals surface area (Å²) < 4.78 is 16.1. The molecule has 1 amide bonds. The lowest BCUT2D eigenvalue weighted by Crippen LogP contribution is -2.21. The number of anilines is 1. The molecular formula is C20H21NO5S. The molecule has 1 aliphatic carbocycles. The summed E-state index contributed by atoms with van der Waals surface area (Å²) in [5.41, 5.74) is 1.81. The van der Waals surface area contributed by atoms with Crippen molar-refractivity contribution in [2.75, 3.05) is 25.1 Å². The van der Waals surface area contributed by atoms with Crippen LogP contribution in [-0.2, 0) is 22.4 Å². The average molecular weight is 387 g/mol. The Bertz CT molecular complexity index is 875. The zero-order valence-electron chi connectivity index (χ0n) is 15.1. The number of carbonyl (C=O) groups is 2. The number of hydrogen-bond acceptors (Lipinski definition) is 6. The Labute approximate surface area is 161 Å². The van der Waals surface area contributed by atoms with Gasteiger partial charge in [0, 0.05) is 16.6 Å². The monoisotopic (exact) mass is 387 g/mol. The van der Waals surface area contributed by atoms with Gasteiger partial charge in [0.2, 0.25) is 0 Å². The molecule has 0 unspecified atom stereocenters. The zero-order chi connectivity index (χ0) is 18.8. The quantitative estimate of drug-likeness (QED) is 0.814. The van der Waals surface area contributed by atoms with Crippen LogP contribution in [0.4, 0.5) is 5.69 Å². The lowest BCUT2D eigenvalue weighted by atomic mass is 9.90. The first-order chi connectivity index (χ1) is 13.1. The van der Waals surface area contributed by atoms with Gasteiger partial charge in [0.15, 0.2) is 18.1 Å². The molecule has 0 radical (unpaired) electrons. The van der Waals surface area contributed by atoms with Crippen LogP contribution in [0, 0.1) is 5.92 Å². The second-order valence-corrected chi connectivity index (χ2v) is 8.03. The van der Waals surface area contributed by atoms with Gasteiger partial charge in [0.05, 0.1) is 0 Å². The van der Waals surface area contributed by atoms with E-state index in [2.05, 4.69) is 12.2 Å². The first kappa shape index (κ1) is 17.9. The molecule has 0 fully saturated rings. The minimum atomic E-state index is -0.445. The average Bonchev–Trinajstić information content (AvgIpc) is 3.09. The second kappa shape index (κ2) is 7.60. The normalized spacial score (nSPS) is 17.7. The predicted octanol–water partition coefficient (Wildman–Crippen LogP) is 3.44. The molecule has 1 aromatic carbocycles. The van der Waals surface area contributed by atoms with Crippen LogP contribution in [0.5, 0.6) is 11.5 Å². The number of thiophene rings is 1. The lowest BCUT2D eigenvalue weighted by Gasteiger charge is -2.18. The zero-order valence-corrected chi connectivity index (χ0v) is 15.9. The van der Waals surface area contributed by atoms with Crippen molar-refractivity contribution in [3.8, 4) is 11.5 Å². The molecule has 0 saturated heterocycles. The Morgan fingerprint density at radius 3 is 2.89 bits per heavy atom. The molecule has 2 heterocycles. The Morgan fingerprint density at radius 2 is 2.04 bits per heavy atom. The number of aryl methyl sites for hydroxylation is 1. The number of fused-ring (bicyclic) bond motifs is 2. The number of benzene rings is 1. The summed E-state index contributed by atoms with van der Waals surface area (Å²) in [6, 6.07) is 7.08. The van der Waals surface area contributed by atoms with Crippen molar-refractivity contribution in [2.24, 2.45) is 5.92 Å². The maximum absolute atomic E-state index is 12.3. The van der Waals surface area contributed by atoms with Crippen molar-refractivity contribution in [3.63, 3.8) is 0 Å². The van der Waals surface area contributed by atoms with Crippen molar-refractivity contribution in [1.82, 2.24) is 0 Å². The molecule has 142 valence electrons. The summed E-state index contributed by atoms with van der Waals surface area (Å²) in [5, 5.41) is 2.71. The van der Waals surface area contributed by atoms with Crippen LogP contribution in [0.15, 0.2) is 24.3 Å². The van der Waals surface area contributed by atoms with E-state index in [-0.39, 0.29) is 6.61 Å². The van der Waals surface area contributed by atoms with Gasteiger partial charge >= 0.3 is 5.97 Å². The molecule has 27 heavy (non-hydrogen) atoms. The van der Waals surface area contributed by atoms with E-state index in [4.69, 9.17) is 14.2 Å². The van der Waals surface area contributed by atoms with E-state index in [0.29, 0.717) is 41.2 Å². The van der Waals surface area contributed by atoms with E-state index < -0.39 is 11.9 Å². The summed E-state index contributed by atoms with van der Waals surface area (Å²) in [7, 11) is 0. The van der Waals surface area contributed by atoms with Crippen LogP contribution in [0.25, 0.3) is 0 Å². The summed E-state index contributed by atoms with van der Waals surface area (Å²) in [6.07, 6.45) is 3.17. The molecule has 6 nitrogen and oxygen atoms in total. The lowest BCUT2D eigenvalue weighted by molar-refractivity contribution is -0.119. The standard InChI is InChI=1S/C20H21NO5S/c1-12-2-5-17-13(8-12)9-18(27-17)20(23)26-11-19(22)21-14-3-4-15-16(10-14)25-7-6-24-15/h3-4,9-10,12H,2,5-8,11H2,1H3,(H,21,22)/t12-/m1/s1. The van der Waals surface area contributed by atoms with Crippen molar-refractivity contribution in [2.45, 2.75) is 26.2 Å². The Morgan fingerprint density at radius 1 is 1.22 bits per heavy atom. The van der Waals surface area contributed by atoms with Gasteiger partial charge in [0.1, 0.15) is 18.1 Å². The molecule has 0 saturated carbocycles. The van der Waals surface area contributed by atoms with Crippen LogP contribution in [0.3, 0.4) is 0 Å². The Balaban J connectivity index is 1.32. The molecule has 7 heteroatoms. The molecule has 4 rings (SSSR count). The van der Waals surface area contributed by atoms with E-state index >= 15 is 0 Å². The SMILES string of the molecule is C[C@@H]1CCc2sc(C(=O)OCC(=O)Nc3ccc4c(c3)OCCO4)cc2C1. The topological polar surface area (TPSA) is 73.9 Å². The molecule has 1 aliphatic heterocycles. The fourth-order valence-corrected chi connectivity index (χ4v) is 4.43. The largest absolute Gasteiger partial charge is 0.486 e. The van der Waals surface area contributed by atoms with Gasteiger partial charge in [-0.25, -0.2) is 4.79 Å². The number of ether oxygens (including phenoxy) is 3. The number of amides is 1. The highest BCUT2D eigenvalue weighted by Crippen LogP contribution is 2.33. The van der Waals surface area contributed by atoms with Crippen LogP contribution in [-0.4, -0.2) is 31.7 Å². The van der Waals surface area contributed by atoms with Crippen molar-refractivity contribution < 1.29 is 23.8 Å². The van der Waals surface area contributed by atoms with Crippen molar-refractivity contribution >= 4 is 28.9 Å². The van der Waals surface area contributed by atoms with Crippen molar-refractivity contribution in [1.29, 1.82) is 0 Å². The Hall–Kier alpha value is -2.54. The molecule has 0 bridgehead atoms. The highest BCUT2D eigenvalue weighted by atomic mass is 32.1. The third kappa shape index (κ3) is 4.08. The number of nitrogens with one attached hydrogen (secondary N) is 1. The minimum Gasteiger partial charge on any atom is -0.486 e. The Kier molecular flexibility index (Phi) is 5.03. The molecule has 0 spiro atoms.